The van der Waals surface area contributed by atoms with Crippen molar-refractivity contribution in [2.45, 2.75) is 6.04 Å². The fourth-order valence-corrected chi connectivity index (χ4v) is 3.68. The lowest BCUT2D eigenvalue weighted by Gasteiger charge is -2.14. The predicted molar refractivity (Wildman–Crippen MR) is 89.2 cm³/mol. The Hall–Kier alpha value is -1.51. The highest BCUT2D eigenvalue weighted by atomic mass is 32.2. The lowest BCUT2D eigenvalue weighted by Crippen LogP contribution is -2.40. The third-order valence-electron chi connectivity index (χ3n) is 2.63. The Labute approximate surface area is 135 Å². The molecule has 1 aromatic rings. The van der Waals surface area contributed by atoms with Crippen molar-refractivity contribution in [1.82, 2.24) is 5.32 Å². The van der Waals surface area contributed by atoms with Crippen molar-refractivity contribution >= 4 is 34.5 Å². The summed E-state index contributed by atoms with van der Waals surface area (Å²) in [6.45, 7) is -0.292. The minimum atomic E-state index is -1.11. The Balaban J connectivity index is 2.57. The van der Waals surface area contributed by atoms with Gasteiger partial charge in [-0.1, -0.05) is 6.07 Å². The van der Waals surface area contributed by atoms with E-state index < -0.39 is 22.7 Å². The summed E-state index contributed by atoms with van der Waals surface area (Å²) in [5, 5.41) is 30.8. The Morgan fingerprint density at radius 3 is 2.73 bits per heavy atom. The first-order valence-corrected chi connectivity index (χ1v) is 9.29. The molecule has 1 aromatic carbocycles. The maximum absolute atomic E-state index is 11.8. The number of hydrogen-bond donors (Lipinski definition) is 4. The van der Waals surface area contributed by atoms with Crippen molar-refractivity contribution in [2.24, 2.45) is 0 Å². The summed E-state index contributed by atoms with van der Waals surface area (Å²) in [4.78, 5) is 11.8. The van der Waals surface area contributed by atoms with Crippen LogP contribution in [0.2, 0.25) is 0 Å². The van der Waals surface area contributed by atoms with E-state index in [4.69, 9.17) is 0 Å². The minimum Gasteiger partial charge on any atom is -0.504 e. The summed E-state index contributed by atoms with van der Waals surface area (Å²) in [7, 11) is -1.11. The van der Waals surface area contributed by atoms with Crippen LogP contribution < -0.4 is 5.32 Å². The summed E-state index contributed by atoms with van der Waals surface area (Å²) < 4.78 is 11.6. The molecule has 1 unspecified atom stereocenters. The minimum absolute atomic E-state index is 0.191. The molecule has 0 heterocycles. The molecule has 2 atom stereocenters. The van der Waals surface area contributed by atoms with Gasteiger partial charge in [0.15, 0.2) is 11.5 Å². The summed E-state index contributed by atoms with van der Waals surface area (Å²) >= 11 is 1.44. The van der Waals surface area contributed by atoms with Gasteiger partial charge in [0.05, 0.1) is 17.7 Å². The van der Waals surface area contributed by atoms with Gasteiger partial charge in [-0.15, -0.1) is 0 Å². The van der Waals surface area contributed by atoms with Crippen molar-refractivity contribution in [1.29, 1.82) is 0 Å². The van der Waals surface area contributed by atoms with Gasteiger partial charge in [-0.3, -0.25) is 9.00 Å². The van der Waals surface area contributed by atoms with Gasteiger partial charge in [-0.2, -0.15) is 11.8 Å². The van der Waals surface area contributed by atoms with Gasteiger partial charge in [0.25, 0.3) is 0 Å². The van der Waals surface area contributed by atoms with Crippen LogP contribution in [0.3, 0.4) is 0 Å². The molecule has 0 aliphatic heterocycles. The van der Waals surface area contributed by atoms with Crippen molar-refractivity contribution in [3.63, 3.8) is 0 Å². The van der Waals surface area contributed by atoms with E-state index in [1.54, 1.807) is 0 Å². The number of aromatic hydroxyl groups is 2. The Bertz CT molecular complexity index is 562. The van der Waals surface area contributed by atoms with E-state index in [-0.39, 0.29) is 23.9 Å². The second-order valence-corrected chi connectivity index (χ2v) is 7.22. The fourth-order valence-electron chi connectivity index (χ4n) is 1.61. The first-order valence-electron chi connectivity index (χ1n) is 6.41. The zero-order chi connectivity index (χ0) is 16.5. The number of nitrogens with one attached hydrogen (secondary N) is 1. The standard InChI is InChI=1S/C14H19NO5S2/c1-21-9-22(20)8-11(7-16)15-14(19)5-3-10-2-4-12(17)13(18)6-10/h2-6,11,16-18H,7-9H2,1H3,(H,15,19)/b5-3+/t11-,22?/m0/s1. The van der Waals surface area contributed by atoms with Gasteiger partial charge in [-0.05, 0) is 30.0 Å². The number of aliphatic hydroxyl groups is 1. The zero-order valence-electron chi connectivity index (χ0n) is 12.1. The molecule has 8 heteroatoms. The molecule has 0 aromatic heterocycles. The van der Waals surface area contributed by atoms with Gasteiger partial charge < -0.3 is 20.6 Å². The van der Waals surface area contributed by atoms with Crippen LogP contribution in [0, 0.1) is 0 Å². The van der Waals surface area contributed by atoms with E-state index in [9.17, 15) is 24.3 Å². The molecule has 6 nitrogen and oxygen atoms in total. The smallest absolute Gasteiger partial charge is 0.244 e. The molecule has 0 spiro atoms. The number of thioether (sulfide) groups is 1. The molecule has 0 aliphatic rings. The first-order chi connectivity index (χ1) is 10.5. The summed E-state index contributed by atoms with van der Waals surface area (Å²) in [6, 6.07) is 3.60. The van der Waals surface area contributed by atoms with Gasteiger partial charge in [0.1, 0.15) is 0 Å². The molecule has 0 saturated heterocycles. The van der Waals surface area contributed by atoms with Crippen molar-refractivity contribution < 1.29 is 24.3 Å². The van der Waals surface area contributed by atoms with E-state index in [2.05, 4.69) is 5.32 Å². The molecule has 122 valence electrons. The average Bonchev–Trinajstić information content (AvgIpc) is 2.48. The molecule has 1 rings (SSSR count). The van der Waals surface area contributed by atoms with Crippen LogP contribution in [0.25, 0.3) is 6.08 Å². The summed E-state index contributed by atoms with van der Waals surface area (Å²) in [5.41, 5.74) is 0.539. The molecule has 22 heavy (non-hydrogen) atoms. The van der Waals surface area contributed by atoms with Crippen molar-refractivity contribution in [3.05, 3.63) is 29.8 Å². The molecule has 0 saturated carbocycles. The third kappa shape index (κ3) is 6.50. The van der Waals surface area contributed by atoms with Crippen molar-refractivity contribution in [2.75, 3.05) is 23.7 Å². The van der Waals surface area contributed by atoms with Crippen molar-refractivity contribution in [3.8, 4) is 11.5 Å². The number of carbonyl (C=O) groups excluding carboxylic acids is 1. The lowest BCUT2D eigenvalue weighted by molar-refractivity contribution is -0.117. The highest BCUT2D eigenvalue weighted by Crippen LogP contribution is 2.25. The van der Waals surface area contributed by atoms with Crippen LogP contribution in [-0.4, -0.2) is 55.2 Å². The molecule has 0 bridgehead atoms. The number of carbonyl (C=O) groups is 1. The molecule has 0 aliphatic carbocycles. The molecule has 1 amide bonds. The van der Waals surface area contributed by atoms with Gasteiger partial charge in [-0.25, -0.2) is 0 Å². The predicted octanol–water partition coefficient (Wildman–Crippen LogP) is 0.657. The molecule has 4 N–H and O–H groups in total. The van der Waals surface area contributed by atoms with E-state index in [0.29, 0.717) is 10.6 Å². The number of benzene rings is 1. The van der Waals surface area contributed by atoms with Crippen LogP contribution in [0.1, 0.15) is 5.56 Å². The van der Waals surface area contributed by atoms with E-state index in [1.807, 2.05) is 6.26 Å². The zero-order valence-corrected chi connectivity index (χ0v) is 13.7. The fraction of sp³-hybridized carbons (Fsp3) is 0.357. The van der Waals surface area contributed by atoms with E-state index in [1.165, 1.54) is 42.1 Å². The second kappa shape index (κ2) is 9.50. The number of hydrogen-bond acceptors (Lipinski definition) is 6. The molecule has 0 fully saturated rings. The highest BCUT2D eigenvalue weighted by molar-refractivity contribution is 8.09. The van der Waals surface area contributed by atoms with Crippen LogP contribution in [0.5, 0.6) is 11.5 Å². The highest BCUT2D eigenvalue weighted by Gasteiger charge is 2.13. The third-order valence-corrected chi connectivity index (χ3v) is 5.40. The number of phenols is 2. The maximum Gasteiger partial charge on any atom is 0.244 e. The Morgan fingerprint density at radius 2 is 2.14 bits per heavy atom. The number of aliphatic hydroxyl groups excluding tert-OH is 1. The van der Waals surface area contributed by atoms with Crippen LogP contribution in [0.15, 0.2) is 24.3 Å². The molecule has 0 radical (unpaired) electrons. The maximum atomic E-state index is 11.8. The van der Waals surface area contributed by atoms with Gasteiger partial charge >= 0.3 is 0 Å². The quantitative estimate of drug-likeness (QED) is 0.407. The lowest BCUT2D eigenvalue weighted by atomic mass is 10.2. The van der Waals surface area contributed by atoms with E-state index >= 15 is 0 Å². The number of rotatable bonds is 8. The SMILES string of the molecule is CSCS(=O)C[C@H](CO)NC(=O)/C=C/c1ccc(O)c(O)c1. The first kappa shape index (κ1) is 18.5. The van der Waals surface area contributed by atoms with Crippen LogP contribution >= 0.6 is 11.8 Å². The Kier molecular flexibility index (Phi) is 8.00. The second-order valence-electron chi connectivity index (χ2n) is 4.48. The summed E-state index contributed by atoms with van der Waals surface area (Å²) in [5.74, 6) is -0.758. The Morgan fingerprint density at radius 1 is 1.41 bits per heavy atom. The summed E-state index contributed by atoms with van der Waals surface area (Å²) in [6.07, 6.45) is 4.54. The molecular weight excluding hydrogens is 326 g/mol. The van der Waals surface area contributed by atoms with Gasteiger partial charge in [0, 0.05) is 22.6 Å². The topological polar surface area (TPSA) is 107 Å². The largest absolute Gasteiger partial charge is 0.504 e. The molecular formula is C14H19NO5S2. The number of amides is 1. The van der Waals surface area contributed by atoms with Gasteiger partial charge in [0.2, 0.25) is 5.91 Å². The monoisotopic (exact) mass is 345 g/mol. The number of phenolic OH excluding ortho intramolecular Hbond substituents is 2. The van der Waals surface area contributed by atoms with Crippen LogP contribution in [-0.2, 0) is 15.6 Å². The van der Waals surface area contributed by atoms with E-state index in [0.717, 1.165) is 0 Å². The average molecular weight is 345 g/mol. The normalized spacial score (nSPS) is 13.9. The van der Waals surface area contributed by atoms with Crippen LogP contribution in [0.4, 0.5) is 0 Å².